The Morgan fingerprint density at radius 1 is 1.13 bits per heavy atom. The number of nitrogens with one attached hydrogen (secondary N) is 1. The van der Waals surface area contributed by atoms with Crippen molar-refractivity contribution in [3.8, 4) is 11.5 Å². The zero-order valence-corrected chi connectivity index (χ0v) is 18.9. The summed E-state index contributed by atoms with van der Waals surface area (Å²) in [5.41, 5.74) is 2.05. The van der Waals surface area contributed by atoms with Crippen molar-refractivity contribution in [3.05, 3.63) is 47.8 Å². The lowest BCUT2D eigenvalue weighted by Crippen LogP contribution is -2.40. The van der Waals surface area contributed by atoms with Gasteiger partial charge in [0.15, 0.2) is 23.0 Å². The third-order valence-electron chi connectivity index (χ3n) is 5.24. The van der Waals surface area contributed by atoms with Gasteiger partial charge in [0.2, 0.25) is 0 Å². The minimum atomic E-state index is -0.706. The van der Waals surface area contributed by atoms with Crippen LogP contribution in [0.3, 0.4) is 0 Å². The van der Waals surface area contributed by atoms with Crippen LogP contribution in [0.25, 0.3) is 0 Å². The first-order valence-electron chi connectivity index (χ1n) is 10.1. The molecular weight excluding hydrogens is 398 g/mol. The van der Waals surface area contributed by atoms with E-state index in [0.29, 0.717) is 0 Å². The molecule has 0 unspecified atom stereocenters. The number of anilines is 1. The Morgan fingerprint density at radius 2 is 1.77 bits per heavy atom. The van der Waals surface area contributed by atoms with Crippen LogP contribution in [-0.2, 0) is 9.53 Å². The molecule has 168 valence electrons. The Morgan fingerprint density at radius 3 is 2.35 bits per heavy atom. The lowest BCUT2D eigenvalue weighted by molar-refractivity contribution is -0.151. The van der Waals surface area contributed by atoms with Gasteiger partial charge in [-0.3, -0.25) is 14.9 Å². The molecule has 0 saturated heterocycles. The van der Waals surface area contributed by atoms with Gasteiger partial charge < -0.3 is 19.5 Å². The third kappa shape index (κ3) is 6.18. The number of benzene rings is 1. The maximum absolute atomic E-state index is 12.5. The number of methoxy groups -OCH3 is 1. The number of carbonyl (C=O) groups is 2. The fourth-order valence-electron chi connectivity index (χ4n) is 2.95. The SMILES string of the molecule is COc1ccnc(C(=O)CN[C@@H](C)C(=O)O[C@@H](C)[C@@H](C)c2ccc(N(C)C)cc2)c1O. The number of nitrogens with zero attached hydrogens (tertiary/aromatic N) is 2. The number of hydrogen-bond donors (Lipinski definition) is 2. The number of Topliss-reactive ketones (excluding diaryl/α,β-unsaturated/α-hetero) is 1. The van der Waals surface area contributed by atoms with Crippen LogP contribution in [0.15, 0.2) is 36.5 Å². The van der Waals surface area contributed by atoms with Crippen LogP contribution in [0, 0.1) is 0 Å². The topological polar surface area (TPSA) is 101 Å². The van der Waals surface area contributed by atoms with Crippen molar-refractivity contribution in [2.75, 3.05) is 32.6 Å². The van der Waals surface area contributed by atoms with Gasteiger partial charge in [0.05, 0.1) is 13.7 Å². The molecule has 8 heteroatoms. The normalized spacial score (nSPS) is 13.7. The predicted molar refractivity (Wildman–Crippen MR) is 119 cm³/mol. The molecule has 2 rings (SSSR count). The second kappa shape index (κ2) is 10.8. The highest BCUT2D eigenvalue weighted by Crippen LogP contribution is 2.27. The number of carbonyl (C=O) groups excluding carboxylic acids is 2. The van der Waals surface area contributed by atoms with Gasteiger partial charge in [-0.05, 0) is 31.5 Å². The molecule has 0 aliphatic rings. The van der Waals surface area contributed by atoms with E-state index in [4.69, 9.17) is 9.47 Å². The van der Waals surface area contributed by atoms with Gasteiger partial charge in [-0.2, -0.15) is 0 Å². The number of ether oxygens (including phenoxy) is 2. The van der Waals surface area contributed by atoms with E-state index in [9.17, 15) is 14.7 Å². The molecule has 1 aromatic heterocycles. The summed E-state index contributed by atoms with van der Waals surface area (Å²) in [7, 11) is 5.35. The molecule has 0 bridgehead atoms. The largest absolute Gasteiger partial charge is 0.503 e. The fourth-order valence-corrected chi connectivity index (χ4v) is 2.95. The molecule has 0 spiro atoms. The molecule has 8 nitrogen and oxygen atoms in total. The lowest BCUT2D eigenvalue weighted by atomic mass is 9.96. The number of aromatic nitrogens is 1. The van der Waals surface area contributed by atoms with E-state index in [-0.39, 0.29) is 35.8 Å². The Balaban J connectivity index is 1.90. The van der Waals surface area contributed by atoms with E-state index in [0.717, 1.165) is 11.3 Å². The fraction of sp³-hybridized carbons (Fsp3) is 0.435. The molecule has 3 atom stereocenters. The first kappa shape index (κ1) is 24.1. The van der Waals surface area contributed by atoms with Gasteiger partial charge in [0, 0.05) is 38.0 Å². The predicted octanol–water partition coefficient (Wildman–Crippen LogP) is 2.76. The molecule has 1 aromatic carbocycles. The van der Waals surface area contributed by atoms with Crippen LogP contribution in [0.1, 0.15) is 42.7 Å². The molecule has 2 N–H and O–H groups in total. The van der Waals surface area contributed by atoms with Crippen LogP contribution in [0.4, 0.5) is 5.69 Å². The summed E-state index contributed by atoms with van der Waals surface area (Å²) in [5.74, 6) is -1.08. The third-order valence-corrected chi connectivity index (χ3v) is 5.24. The van der Waals surface area contributed by atoms with E-state index in [1.54, 1.807) is 6.92 Å². The number of pyridine rings is 1. The minimum Gasteiger partial charge on any atom is -0.503 e. The molecule has 2 aromatic rings. The number of hydrogen-bond acceptors (Lipinski definition) is 8. The molecule has 0 radical (unpaired) electrons. The second-order valence-corrected chi connectivity index (χ2v) is 7.65. The van der Waals surface area contributed by atoms with Gasteiger partial charge in [0.1, 0.15) is 12.1 Å². The van der Waals surface area contributed by atoms with Crippen molar-refractivity contribution in [3.63, 3.8) is 0 Å². The van der Waals surface area contributed by atoms with Crippen molar-refractivity contribution >= 4 is 17.4 Å². The van der Waals surface area contributed by atoms with Crippen molar-refractivity contribution < 1.29 is 24.2 Å². The van der Waals surface area contributed by atoms with Crippen LogP contribution < -0.4 is 15.0 Å². The van der Waals surface area contributed by atoms with Crippen molar-refractivity contribution in [2.45, 2.75) is 38.8 Å². The minimum absolute atomic E-state index is 0.00641. The van der Waals surface area contributed by atoms with E-state index >= 15 is 0 Å². The summed E-state index contributed by atoms with van der Waals surface area (Å²) in [6.07, 6.45) is 1.03. The summed E-state index contributed by atoms with van der Waals surface area (Å²) >= 11 is 0. The zero-order chi connectivity index (χ0) is 23.1. The Bertz CT molecular complexity index is 899. The van der Waals surface area contributed by atoms with Crippen molar-refractivity contribution in [1.82, 2.24) is 10.3 Å². The Labute approximate surface area is 183 Å². The molecule has 0 amide bonds. The van der Waals surface area contributed by atoms with Crippen molar-refractivity contribution in [1.29, 1.82) is 0 Å². The average Bonchev–Trinajstić information content (AvgIpc) is 2.76. The maximum atomic E-state index is 12.5. The second-order valence-electron chi connectivity index (χ2n) is 7.65. The molecule has 0 aliphatic carbocycles. The number of rotatable bonds is 10. The quantitative estimate of drug-likeness (QED) is 0.439. The van der Waals surface area contributed by atoms with Crippen molar-refractivity contribution in [2.24, 2.45) is 0 Å². The van der Waals surface area contributed by atoms with Crippen LogP contribution >= 0.6 is 0 Å². The van der Waals surface area contributed by atoms with Gasteiger partial charge in [-0.15, -0.1) is 0 Å². The number of esters is 1. The van der Waals surface area contributed by atoms with E-state index in [2.05, 4.69) is 10.3 Å². The van der Waals surface area contributed by atoms with Crippen LogP contribution in [-0.4, -0.2) is 61.7 Å². The Hall–Kier alpha value is -3.13. The average molecular weight is 430 g/mol. The van der Waals surface area contributed by atoms with Crippen LogP contribution in [0.5, 0.6) is 11.5 Å². The first-order chi connectivity index (χ1) is 14.6. The van der Waals surface area contributed by atoms with E-state index in [1.165, 1.54) is 19.4 Å². The maximum Gasteiger partial charge on any atom is 0.323 e. The molecular formula is C23H31N3O5. The highest BCUT2D eigenvalue weighted by Gasteiger charge is 2.24. The monoisotopic (exact) mass is 429 g/mol. The summed E-state index contributed by atoms with van der Waals surface area (Å²) < 4.78 is 10.6. The summed E-state index contributed by atoms with van der Waals surface area (Å²) in [6, 6.07) is 8.85. The lowest BCUT2D eigenvalue weighted by Gasteiger charge is -2.23. The zero-order valence-electron chi connectivity index (χ0n) is 18.9. The molecule has 31 heavy (non-hydrogen) atoms. The molecule has 0 fully saturated rings. The summed E-state index contributed by atoms with van der Waals surface area (Å²) in [6.45, 7) is 5.29. The number of aromatic hydroxyl groups is 1. The smallest absolute Gasteiger partial charge is 0.323 e. The van der Waals surface area contributed by atoms with Gasteiger partial charge in [-0.25, -0.2) is 4.98 Å². The van der Waals surface area contributed by atoms with Gasteiger partial charge in [-0.1, -0.05) is 19.1 Å². The summed E-state index contributed by atoms with van der Waals surface area (Å²) in [5, 5.41) is 12.9. The Kier molecular flexibility index (Phi) is 8.38. The number of ketones is 1. The summed E-state index contributed by atoms with van der Waals surface area (Å²) in [4.78, 5) is 30.7. The van der Waals surface area contributed by atoms with Gasteiger partial charge >= 0.3 is 5.97 Å². The van der Waals surface area contributed by atoms with Gasteiger partial charge in [0.25, 0.3) is 0 Å². The van der Waals surface area contributed by atoms with E-state index in [1.807, 2.05) is 57.1 Å². The highest BCUT2D eigenvalue weighted by atomic mass is 16.5. The highest BCUT2D eigenvalue weighted by molar-refractivity contribution is 5.99. The standard InChI is InChI=1S/C23H31N3O5/c1-14(17-7-9-18(10-8-17)26(4)5)16(3)31-23(29)15(2)25-13-19(27)21-22(28)20(30-6)11-12-24-21/h7-12,14-16,25,28H,13H2,1-6H3/t14-,15+,16+/m1/s1. The van der Waals surface area contributed by atoms with E-state index < -0.39 is 17.8 Å². The molecule has 0 saturated carbocycles. The van der Waals surface area contributed by atoms with Crippen LogP contribution in [0.2, 0.25) is 0 Å². The molecule has 0 aliphatic heterocycles. The first-order valence-corrected chi connectivity index (χ1v) is 10.1. The molecule has 1 heterocycles.